The molecular weight excluding hydrogens is 256 g/mol. The summed E-state index contributed by atoms with van der Waals surface area (Å²) in [6.45, 7) is 1.70. The molecule has 0 aliphatic heterocycles. The average Bonchev–Trinajstić information content (AvgIpc) is 2.91. The van der Waals surface area contributed by atoms with E-state index < -0.39 is 11.2 Å². The topological polar surface area (TPSA) is 94.4 Å². The van der Waals surface area contributed by atoms with Crippen molar-refractivity contribution in [2.24, 2.45) is 0 Å². The molecule has 1 aromatic carbocycles. The smallest absolute Gasteiger partial charge is 0.311 e. The van der Waals surface area contributed by atoms with Crippen molar-refractivity contribution in [3.05, 3.63) is 63.1 Å². The lowest BCUT2D eigenvalue weighted by molar-refractivity contribution is 0.999. The first-order chi connectivity index (χ1) is 9.65. The maximum atomic E-state index is 12.0. The van der Waals surface area contributed by atoms with Gasteiger partial charge in [-0.05, 0) is 24.6 Å². The molecule has 2 heterocycles. The molecule has 6 nitrogen and oxygen atoms in total. The Morgan fingerprint density at radius 3 is 2.55 bits per heavy atom. The maximum absolute atomic E-state index is 12.0. The van der Waals surface area contributed by atoms with E-state index in [0.717, 1.165) is 16.8 Å². The fraction of sp³-hybridized carbons (Fsp3) is 0.0714. The Hall–Kier alpha value is -2.89. The van der Waals surface area contributed by atoms with Gasteiger partial charge in [-0.1, -0.05) is 18.2 Å². The Balaban J connectivity index is 2.19. The van der Waals surface area contributed by atoms with Gasteiger partial charge in [0.15, 0.2) is 0 Å². The molecule has 0 amide bonds. The van der Waals surface area contributed by atoms with Crippen molar-refractivity contribution in [3.63, 3.8) is 0 Å². The molecule has 0 aliphatic carbocycles. The van der Waals surface area contributed by atoms with Gasteiger partial charge in [-0.3, -0.25) is 14.9 Å². The monoisotopic (exact) mass is 268 g/mol. The third-order valence-corrected chi connectivity index (χ3v) is 3.09. The highest BCUT2D eigenvalue weighted by atomic mass is 16.2. The van der Waals surface area contributed by atoms with E-state index in [0.29, 0.717) is 11.3 Å². The van der Waals surface area contributed by atoms with Crippen molar-refractivity contribution in [1.29, 1.82) is 0 Å². The van der Waals surface area contributed by atoms with Crippen LogP contribution in [0, 0.1) is 6.92 Å². The second kappa shape index (κ2) is 4.65. The van der Waals surface area contributed by atoms with Crippen LogP contribution in [0.3, 0.4) is 0 Å². The lowest BCUT2D eigenvalue weighted by Gasteiger charge is -2.06. The zero-order valence-corrected chi connectivity index (χ0v) is 10.7. The minimum atomic E-state index is -0.499. The highest BCUT2D eigenvalue weighted by Crippen LogP contribution is 2.23. The molecule has 3 N–H and O–H groups in total. The second-order valence-electron chi connectivity index (χ2n) is 4.46. The molecule has 3 rings (SSSR count). The molecule has 0 saturated carbocycles. The van der Waals surface area contributed by atoms with Crippen LogP contribution in [0.4, 0.5) is 0 Å². The first-order valence-corrected chi connectivity index (χ1v) is 6.08. The number of H-pyrrole nitrogens is 3. The predicted molar refractivity (Wildman–Crippen MR) is 75.4 cm³/mol. The summed E-state index contributed by atoms with van der Waals surface area (Å²) in [5.74, 6) is 0. The number of rotatable bonds is 2. The Morgan fingerprint density at radius 2 is 1.85 bits per heavy atom. The Bertz CT molecular complexity index is 859. The SMILES string of the molecule is Cc1[nH]c(=O)[nH]c(=O)c1-c1cccc(-c2ccn[nH]2)c1. The third-order valence-electron chi connectivity index (χ3n) is 3.09. The van der Waals surface area contributed by atoms with E-state index in [1.807, 2.05) is 30.3 Å². The molecule has 0 spiro atoms. The van der Waals surface area contributed by atoms with Gasteiger partial charge in [0, 0.05) is 17.5 Å². The van der Waals surface area contributed by atoms with Gasteiger partial charge in [-0.2, -0.15) is 5.10 Å². The van der Waals surface area contributed by atoms with E-state index in [1.165, 1.54) is 0 Å². The fourth-order valence-corrected chi connectivity index (χ4v) is 2.21. The molecular formula is C14H12N4O2. The maximum Gasteiger partial charge on any atom is 0.325 e. The predicted octanol–water partition coefficient (Wildman–Crippen LogP) is 1.43. The summed E-state index contributed by atoms with van der Waals surface area (Å²) in [4.78, 5) is 28.0. The van der Waals surface area contributed by atoms with Crippen molar-refractivity contribution >= 4 is 0 Å². The summed E-state index contributed by atoms with van der Waals surface area (Å²) < 4.78 is 0. The number of nitrogens with zero attached hydrogens (tertiary/aromatic N) is 1. The first kappa shape index (κ1) is 12.2. The number of hydrogen-bond acceptors (Lipinski definition) is 3. The summed E-state index contributed by atoms with van der Waals surface area (Å²) in [5, 5.41) is 6.78. The van der Waals surface area contributed by atoms with E-state index in [4.69, 9.17) is 0 Å². The molecule has 20 heavy (non-hydrogen) atoms. The normalized spacial score (nSPS) is 10.7. The highest BCUT2D eigenvalue weighted by Gasteiger charge is 2.09. The van der Waals surface area contributed by atoms with Gasteiger partial charge in [0.2, 0.25) is 0 Å². The van der Waals surface area contributed by atoms with Crippen molar-refractivity contribution in [1.82, 2.24) is 20.2 Å². The lowest BCUT2D eigenvalue weighted by Crippen LogP contribution is -2.24. The summed E-state index contributed by atoms with van der Waals surface area (Å²) >= 11 is 0. The summed E-state index contributed by atoms with van der Waals surface area (Å²) in [5.41, 5.74) is 2.64. The van der Waals surface area contributed by atoms with Crippen LogP contribution < -0.4 is 11.2 Å². The van der Waals surface area contributed by atoms with Crippen LogP contribution in [0.5, 0.6) is 0 Å². The number of benzene rings is 1. The number of aryl methyl sites for hydroxylation is 1. The van der Waals surface area contributed by atoms with Gasteiger partial charge >= 0.3 is 5.69 Å². The minimum Gasteiger partial charge on any atom is -0.311 e. The van der Waals surface area contributed by atoms with E-state index in [1.54, 1.807) is 13.1 Å². The van der Waals surface area contributed by atoms with E-state index >= 15 is 0 Å². The van der Waals surface area contributed by atoms with E-state index in [9.17, 15) is 9.59 Å². The van der Waals surface area contributed by atoms with E-state index in [2.05, 4.69) is 20.2 Å². The molecule has 0 atom stereocenters. The molecule has 0 aliphatic rings. The van der Waals surface area contributed by atoms with Gasteiger partial charge < -0.3 is 4.98 Å². The highest BCUT2D eigenvalue weighted by molar-refractivity contribution is 5.71. The van der Waals surface area contributed by atoms with Crippen LogP contribution in [0.2, 0.25) is 0 Å². The Labute approximate surface area is 113 Å². The van der Waals surface area contributed by atoms with Crippen LogP contribution >= 0.6 is 0 Å². The molecule has 2 aromatic heterocycles. The van der Waals surface area contributed by atoms with Gasteiger partial charge in [-0.15, -0.1) is 0 Å². The molecule has 0 fully saturated rings. The average molecular weight is 268 g/mol. The van der Waals surface area contributed by atoms with Crippen molar-refractivity contribution in [2.45, 2.75) is 6.92 Å². The number of aromatic amines is 3. The van der Waals surface area contributed by atoms with Gasteiger partial charge in [0.1, 0.15) is 0 Å². The van der Waals surface area contributed by atoms with Crippen LogP contribution in [-0.2, 0) is 0 Å². The van der Waals surface area contributed by atoms with Gasteiger partial charge in [0.25, 0.3) is 5.56 Å². The summed E-state index contributed by atoms with van der Waals surface area (Å²) in [7, 11) is 0. The first-order valence-electron chi connectivity index (χ1n) is 6.08. The van der Waals surface area contributed by atoms with Crippen LogP contribution in [0.15, 0.2) is 46.1 Å². The van der Waals surface area contributed by atoms with Crippen molar-refractivity contribution in [3.8, 4) is 22.4 Å². The number of nitrogens with one attached hydrogen (secondary N) is 3. The summed E-state index contributed by atoms with van der Waals surface area (Å²) in [6, 6.07) is 9.34. The molecule has 0 radical (unpaired) electrons. The molecule has 100 valence electrons. The zero-order valence-electron chi connectivity index (χ0n) is 10.7. The molecule has 0 unspecified atom stereocenters. The summed E-state index contributed by atoms with van der Waals surface area (Å²) in [6.07, 6.45) is 1.67. The van der Waals surface area contributed by atoms with Gasteiger partial charge in [-0.25, -0.2) is 4.79 Å². The van der Waals surface area contributed by atoms with Crippen LogP contribution in [-0.4, -0.2) is 20.2 Å². The number of hydrogen-bond donors (Lipinski definition) is 3. The lowest BCUT2D eigenvalue weighted by atomic mass is 10.0. The van der Waals surface area contributed by atoms with E-state index in [-0.39, 0.29) is 0 Å². The largest absolute Gasteiger partial charge is 0.325 e. The van der Waals surface area contributed by atoms with Crippen LogP contribution in [0.25, 0.3) is 22.4 Å². The molecule has 0 bridgehead atoms. The zero-order chi connectivity index (χ0) is 14.1. The standard InChI is InChI=1S/C14H12N4O2/c1-8-12(13(19)17-14(20)16-8)10-4-2-3-9(7-10)11-5-6-15-18-11/h2-7H,1H3,(H,15,18)(H2,16,17,19,20). The second-order valence-corrected chi connectivity index (χ2v) is 4.46. The Kier molecular flexibility index (Phi) is 2.83. The molecule has 6 heteroatoms. The molecule has 0 saturated heterocycles. The van der Waals surface area contributed by atoms with Crippen molar-refractivity contribution in [2.75, 3.05) is 0 Å². The Morgan fingerprint density at radius 1 is 1.05 bits per heavy atom. The molecule has 3 aromatic rings. The quantitative estimate of drug-likeness (QED) is 0.656. The van der Waals surface area contributed by atoms with Crippen LogP contribution in [0.1, 0.15) is 5.69 Å². The van der Waals surface area contributed by atoms with Crippen molar-refractivity contribution < 1.29 is 0 Å². The minimum absolute atomic E-state index is 0.395. The third kappa shape index (κ3) is 2.07. The fourth-order valence-electron chi connectivity index (χ4n) is 2.21. The number of aromatic nitrogens is 4. The van der Waals surface area contributed by atoms with Gasteiger partial charge in [0.05, 0.1) is 11.3 Å².